The van der Waals surface area contributed by atoms with Crippen LogP contribution in [0, 0.1) is 13.8 Å². The van der Waals surface area contributed by atoms with E-state index in [1.165, 1.54) is 5.56 Å². The SMILES string of the molecule is CN[C@H]1CCCN(C(=O)c2cc(C)n(Cc3ccccc3)c2C)C1. The summed E-state index contributed by atoms with van der Waals surface area (Å²) >= 11 is 0. The number of carbonyl (C=O) groups excluding carboxylic acids is 1. The lowest BCUT2D eigenvalue weighted by Crippen LogP contribution is -2.47. The fourth-order valence-electron chi connectivity index (χ4n) is 3.59. The molecule has 0 bridgehead atoms. The molecular formula is C20H27N3O. The molecule has 1 saturated heterocycles. The number of carbonyl (C=O) groups is 1. The number of likely N-dealkylation sites (N-methyl/N-ethyl adjacent to an activating group) is 1. The number of nitrogens with one attached hydrogen (secondary N) is 1. The molecule has 0 spiro atoms. The van der Waals surface area contributed by atoms with Crippen molar-refractivity contribution in [3.63, 3.8) is 0 Å². The van der Waals surface area contributed by atoms with Gasteiger partial charge in [0, 0.05) is 37.1 Å². The molecule has 4 heteroatoms. The standard InChI is InChI=1S/C20H27N3O/c1-15-12-19(20(24)22-11-7-10-18(14-22)21-3)16(2)23(15)13-17-8-5-4-6-9-17/h4-6,8-9,12,18,21H,7,10-11,13-14H2,1-3H3/t18-/m0/s1. The Kier molecular flexibility index (Phi) is 5.05. The molecule has 2 heterocycles. The van der Waals surface area contributed by atoms with E-state index in [-0.39, 0.29) is 5.91 Å². The highest BCUT2D eigenvalue weighted by molar-refractivity contribution is 5.95. The molecule has 1 aromatic carbocycles. The normalized spacial score (nSPS) is 18.0. The predicted molar refractivity (Wildman–Crippen MR) is 97.4 cm³/mol. The van der Waals surface area contributed by atoms with Gasteiger partial charge in [-0.25, -0.2) is 0 Å². The maximum atomic E-state index is 13.0. The van der Waals surface area contributed by atoms with Crippen LogP contribution in [0.5, 0.6) is 0 Å². The first-order valence-corrected chi connectivity index (χ1v) is 8.77. The molecule has 1 atom stereocenters. The van der Waals surface area contributed by atoms with E-state index in [0.29, 0.717) is 6.04 Å². The van der Waals surface area contributed by atoms with Crippen LogP contribution in [-0.4, -0.2) is 41.6 Å². The van der Waals surface area contributed by atoms with E-state index in [1.54, 1.807) is 0 Å². The summed E-state index contributed by atoms with van der Waals surface area (Å²) in [6, 6.07) is 12.9. The summed E-state index contributed by atoms with van der Waals surface area (Å²) in [7, 11) is 1.98. The lowest BCUT2D eigenvalue weighted by molar-refractivity contribution is 0.0697. The van der Waals surface area contributed by atoms with Gasteiger partial charge in [-0.05, 0) is 45.4 Å². The van der Waals surface area contributed by atoms with Gasteiger partial charge >= 0.3 is 0 Å². The highest BCUT2D eigenvalue weighted by atomic mass is 16.2. The Morgan fingerprint density at radius 1 is 1.25 bits per heavy atom. The van der Waals surface area contributed by atoms with E-state index in [9.17, 15) is 4.79 Å². The molecule has 1 N–H and O–H groups in total. The molecule has 0 saturated carbocycles. The summed E-state index contributed by atoms with van der Waals surface area (Å²) < 4.78 is 2.24. The summed E-state index contributed by atoms with van der Waals surface area (Å²) in [5, 5.41) is 3.30. The zero-order valence-corrected chi connectivity index (χ0v) is 14.9. The first-order valence-electron chi connectivity index (χ1n) is 8.77. The molecule has 24 heavy (non-hydrogen) atoms. The van der Waals surface area contributed by atoms with Crippen LogP contribution in [-0.2, 0) is 6.54 Å². The van der Waals surface area contributed by atoms with Gasteiger partial charge in [0.2, 0.25) is 0 Å². The molecule has 1 amide bonds. The van der Waals surface area contributed by atoms with Crippen molar-refractivity contribution in [2.24, 2.45) is 0 Å². The molecule has 1 fully saturated rings. The van der Waals surface area contributed by atoms with Crippen molar-refractivity contribution >= 4 is 5.91 Å². The van der Waals surface area contributed by atoms with Crippen molar-refractivity contribution in [1.29, 1.82) is 0 Å². The number of aromatic nitrogens is 1. The van der Waals surface area contributed by atoms with Gasteiger partial charge in [-0.3, -0.25) is 4.79 Å². The summed E-state index contributed by atoms with van der Waals surface area (Å²) in [6.07, 6.45) is 2.22. The zero-order valence-electron chi connectivity index (χ0n) is 14.9. The second-order valence-electron chi connectivity index (χ2n) is 6.74. The minimum absolute atomic E-state index is 0.169. The topological polar surface area (TPSA) is 37.3 Å². The Morgan fingerprint density at radius 2 is 2.00 bits per heavy atom. The van der Waals surface area contributed by atoms with Gasteiger partial charge < -0.3 is 14.8 Å². The van der Waals surface area contributed by atoms with E-state index >= 15 is 0 Å². The highest BCUT2D eigenvalue weighted by Gasteiger charge is 2.26. The van der Waals surface area contributed by atoms with Gasteiger partial charge in [0.1, 0.15) is 0 Å². The van der Waals surface area contributed by atoms with Gasteiger partial charge in [-0.1, -0.05) is 30.3 Å². The first kappa shape index (κ1) is 16.8. The summed E-state index contributed by atoms with van der Waals surface area (Å²) in [5.41, 5.74) is 4.31. The molecule has 4 nitrogen and oxygen atoms in total. The number of nitrogens with zero attached hydrogens (tertiary/aromatic N) is 2. The average molecular weight is 325 g/mol. The molecule has 1 aromatic heterocycles. The van der Waals surface area contributed by atoms with Crippen molar-refractivity contribution in [1.82, 2.24) is 14.8 Å². The molecule has 1 aliphatic heterocycles. The molecule has 0 unspecified atom stereocenters. The second kappa shape index (κ2) is 7.22. The summed E-state index contributed by atoms with van der Waals surface area (Å²) in [6.45, 7) is 6.62. The van der Waals surface area contributed by atoms with E-state index in [0.717, 1.165) is 49.4 Å². The van der Waals surface area contributed by atoms with Crippen molar-refractivity contribution < 1.29 is 4.79 Å². The maximum absolute atomic E-state index is 13.0. The first-order chi connectivity index (χ1) is 11.6. The third-order valence-corrected chi connectivity index (χ3v) is 5.10. The second-order valence-corrected chi connectivity index (χ2v) is 6.74. The quantitative estimate of drug-likeness (QED) is 0.938. The predicted octanol–water partition coefficient (Wildman–Crippen LogP) is 2.98. The zero-order chi connectivity index (χ0) is 17.1. The Labute approximate surface area is 144 Å². The molecule has 0 radical (unpaired) electrons. The molecule has 3 rings (SSSR count). The summed E-state index contributed by atoms with van der Waals surface area (Å²) in [4.78, 5) is 15.0. The van der Waals surface area contributed by atoms with Crippen LogP contribution in [0.3, 0.4) is 0 Å². The van der Waals surface area contributed by atoms with Crippen LogP contribution in [0.25, 0.3) is 0 Å². The fourth-order valence-corrected chi connectivity index (χ4v) is 3.59. The van der Waals surface area contributed by atoms with E-state index in [1.807, 2.05) is 24.1 Å². The molecule has 1 aliphatic rings. The van der Waals surface area contributed by atoms with Crippen molar-refractivity contribution in [2.45, 2.75) is 39.3 Å². The molecular weight excluding hydrogens is 298 g/mol. The lowest BCUT2D eigenvalue weighted by Gasteiger charge is -2.32. The summed E-state index contributed by atoms with van der Waals surface area (Å²) in [5.74, 6) is 0.169. The van der Waals surface area contributed by atoms with Crippen LogP contribution >= 0.6 is 0 Å². The number of aryl methyl sites for hydroxylation is 1. The Morgan fingerprint density at radius 3 is 2.71 bits per heavy atom. The Bertz CT molecular complexity index is 705. The highest BCUT2D eigenvalue weighted by Crippen LogP contribution is 2.21. The van der Waals surface area contributed by atoms with Crippen molar-refractivity contribution in [3.05, 3.63) is 58.9 Å². The van der Waals surface area contributed by atoms with Crippen molar-refractivity contribution in [3.8, 4) is 0 Å². The number of rotatable bonds is 4. The Hall–Kier alpha value is -2.07. The van der Waals surface area contributed by atoms with Gasteiger partial charge in [0.15, 0.2) is 0 Å². The van der Waals surface area contributed by atoms with Crippen LogP contribution in [0.15, 0.2) is 36.4 Å². The van der Waals surface area contributed by atoms with Gasteiger partial charge in [-0.2, -0.15) is 0 Å². The number of amides is 1. The minimum atomic E-state index is 0.169. The van der Waals surface area contributed by atoms with Gasteiger partial charge in [0.05, 0.1) is 5.56 Å². The smallest absolute Gasteiger partial charge is 0.255 e. The molecule has 128 valence electrons. The fraction of sp³-hybridized carbons (Fsp3) is 0.450. The van der Waals surface area contributed by atoms with E-state index < -0.39 is 0 Å². The van der Waals surface area contributed by atoms with Gasteiger partial charge in [0.25, 0.3) is 5.91 Å². The van der Waals surface area contributed by atoms with E-state index in [2.05, 4.69) is 48.0 Å². The van der Waals surface area contributed by atoms with Crippen LogP contribution in [0.4, 0.5) is 0 Å². The minimum Gasteiger partial charge on any atom is -0.344 e. The van der Waals surface area contributed by atoms with E-state index in [4.69, 9.17) is 0 Å². The van der Waals surface area contributed by atoms with Crippen molar-refractivity contribution in [2.75, 3.05) is 20.1 Å². The number of hydrogen-bond donors (Lipinski definition) is 1. The van der Waals surface area contributed by atoms with Gasteiger partial charge in [-0.15, -0.1) is 0 Å². The maximum Gasteiger partial charge on any atom is 0.255 e. The number of piperidine rings is 1. The Balaban J connectivity index is 1.81. The monoisotopic (exact) mass is 325 g/mol. The number of hydrogen-bond acceptors (Lipinski definition) is 2. The lowest BCUT2D eigenvalue weighted by atomic mass is 10.0. The van der Waals surface area contributed by atoms with Crippen LogP contribution in [0.1, 0.15) is 40.2 Å². The van der Waals surface area contributed by atoms with Crippen LogP contribution in [0.2, 0.25) is 0 Å². The third kappa shape index (κ3) is 3.39. The largest absolute Gasteiger partial charge is 0.344 e. The van der Waals surface area contributed by atoms with Crippen LogP contribution < -0.4 is 5.32 Å². The molecule has 2 aromatic rings. The third-order valence-electron chi connectivity index (χ3n) is 5.10. The average Bonchev–Trinajstić information content (AvgIpc) is 2.90. The number of benzene rings is 1. The molecule has 0 aliphatic carbocycles. The number of likely N-dealkylation sites (tertiary alicyclic amines) is 1.